The molecular weight excluding hydrogens is 204 g/mol. The Morgan fingerprint density at radius 2 is 2.07 bits per heavy atom. The van der Waals surface area contributed by atoms with E-state index in [9.17, 15) is 0 Å². The van der Waals surface area contributed by atoms with Gasteiger partial charge in [0.25, 0.3) is 0 Å². The predicted molar refractivity (Wildman–Crippen MR) is 65.6 cm³/mol. The molecule has 84 valence electrons. The van der Waals surface area contributed by atoms with Crippen molar-refractivity contribution in [2.24, 2.45) is 5.92 Å². The van der Waals surface area contributed by atoms with Gasteiger partial charge in [0.05, 0.1) is 0 Å². The van der Waals surface area contributed by atoms with Crippen molar-refractivity contribution in [1.82, 2.24) is 9.55 Å². The summed E-state index contributed by atoms with van der Waals surface area (Å²) >= 11 is 5.33. The number of aromatic amines is 1. The van der Waals surface area contributed by atoms with Crippen molar-refractivity contribution in [3.05, 3.63) is 16.7 Å². The number of H-pyrrole nitrogens is 1. The lowest BCUT2D eigenvalue weighted by Gasteiger charge is -2.28. The van der Waals surface area contributed by atoms with Gasteiger partial charge in [0.2, 0.25) is 0 Å². The smallest absolute Gasteiger partial charge is 0.177 e. The molecule has 0 saturated heterocycles. The summed E-state index contributed by atoms with van der Waals surface area (Å²) in [5.74, 6) is 0.820. The Hall–Kier alpha value is -0.570. The summed E-state index contributed by atoms with van der Waals surface area (Å²) in [6.45, 7) is 4.37. The van der Waals surface area contributed by atoms with Gasteiger partial charge in [0.15, 0.2) is 4.77 Å². The van der Waals surface area contributed by atoms with E-state index in [1.165, 1.54) is 37.8 Å². The molecule has 0 spiro atoms. The highest BCUT2D eigenvalue weighted by atomic mass is 32.1. The molecule has 1 fully saturated rings. The van der Waals surface area contributed by atoms with Gasteiger partial charge in [-0.15, -0.1) is 0 Å². The summed E-state index contributed by atoms with van der Waals surface area (Å²) < 4.78 is 3.12. The summed E-state index contributed by atoms with van der Waals surface area (Å²) in [6.07, 6.45) is 9.10. The lowest BCUT2D eigenvalue weighted by atomic mass is 9.84. The van der Waals surface area contributed by atoms with Crippen molar-refractivity contribution in [3.63, 3.8) is 0 Å². The third-order valence-corrected chi connectivity index (χ3v) is 3.96. The topological polar surface area (TPSA) is 20.7 Å². The molecule has 0 aromatic carbocycles. The van der Waals surface area contributed by atoms with Gasteiger partial charge < -0.3 is 9.55 Å². The molecule has 0 amide bonds. The quantitative estimate of drug-likeness (QED) is 0.753. The Morgan fingerprint density at radius 3 is 2.60 bits per heavy atom. The predicted octanol–water partition coefficient (Wildman–Crippen LogP) is 4.00. The van der Waals surface area contributed by atoms with Crippen molar-refractivity contribution in [3.8, 4) is 0 Å². The van der Waals surface area contributed by atoms with E-state index in [2.05, 4.69) is 29.6 Å². The highest BCUT2D eigenvalue weighted by molar-refractivity contribution is 7.71. The molecule has 2 nitrogen and oxygen atoms in total. The lowest BCUT2D eigenvalue weighted by Crippen LogP contribution is -2.18. The number of rotatable bonds is 2. The summed E-state index contributed by atoms with van der Waals surface area (Å²) in [6, 6.07) is 0.558. The van der Waals surface area contributed by atoms with Crippen LogP contribution >= 0.6 is 12.2 Å². The maximum atomic E-state index is 5.33. The second-order valence-electron chi connectivity index (χ2n) is 4.79. The standard InChI is InChI=1S/C12H20N2S/c1-9-8-14(12(15)13-9)10(2)11-6-4-3-5-7-11/h8,10-11H,3-7H2,1-2H3,(H,13,15). The second-order valence-corrected chi connectivity index (χ2v) is 5.17. The molecule has 0 radical (unpaired) electrons. The molecule has 1 aliphatic rings. The van der Waals surface area contributed by atoms with Crippen molar-refractivity contribution in [2.45, 2.75) is 52.0 Å². The van der Waals surface area contributed by atoms with Gasteiger partial charge in [0.1, 0.15) is 0 Å². The number of aromatic nitrogens is 2. The SMILES string of the molecule is Cc1cn(C(C)C2CCCCC2)c(=S)[nH]1. The fourth-order valence-corrected chi connectivity index (χ4v) is 3.06. The van der Waals surface area contributed by atoms with Crippen LogP contribution in [0.1, 0.15) is 50.8 Å². The molecule has 1 unspecified atom stereocenters. The van der Waals surface area contributed by atoms with Crippen LogP contribution in [0.3, 0.4) is 0 Å². The van der Waals surface area contributed by atoms with Crippen LogP contribution in [0.15, 0.2) is 6.20 Å². The zero-order chi connectivity index (χ0) is 10.8. The third kappa shape index (κ3) is 2.33. The summed E-state index contributed by atoms with van der Waals surface area (Å²) in [4.78, 5) is 3.21. The van der Waals surface area contributed by atoms with E-state index < -0.39 is 0 Å². The number of nitrogens with zero attached hydrogens (tertiary/aromatic N) is 1. The Labute approximate surface area is 96.7 Å². The first-order chi connectivity index (χ1) is 7.18. The van der Waals surface area contributed by atoms with Gasteiger partial charge >= 0.3 is 0 Å². The number of hydrogen-bond donors (Lipinski definition) is 1. The maximum absolute atomic E-state index is 5.33. The summed E-state index contributed by atoms with van der Waals surface area (Å²) in [5.41, 5.74) is 1.17. The monoisotopic (exact) mass is 224 g/mol. The molecule has 1 heterocycles. The summed E-state index contributed by atoms with van der Waals surface area (Å²) in [5, 5.41) is 0. The normalized spacial score (nSPS) is 20.4. The molecule has 1 aromatic heterocycles. The van der Waals surface area contributed by atoms with E-state index in [1.807, 2.05) is 0 Å². The fourth-order valence-electron chi connectivity index (χ4n) is 2.68. The van der Waals surface area contributed by atoms with Gasteiger partial charge in [-0.3, -0.25) is 0 Å². The first-order valence-electron chi connectivity index (χ1n) is 5.96. The van der Waals surface area contributed by atoms with Crippen molar-refractivity contribution >= 4 is 12.2 Å². The molecule has 1 N–H and O–H groups in total. The zero-order valence-electron chi connectivity index (χ0n) is 9.62. The van der Waals surface area contributed by atoms with E-state index in [0.717, 1.165) is 10.7 Å². The molecule has 1 aliphatic carbocycles. The van der Waals surface area contributed by atoms with Crippen LogP contribution in [0.2, 0.25) is 0 Å². The van der Waals surface area contributed by atoms with Crippen LogP contribution in [-0.2, 0) is 0 Å². The highest BCUT2D eigenvalue weighted by Crippen LogP contribution is 2.32. The van der Waals surface area contributed by atoms with Crippen LogP contribution in [0.4, 0.5) is 0 Å². The largest absolute Gasteiger partial charge is 0.335 e. The van der Waals surface area contributed by atoms with Gasteiger partial charge in [0, 0.05) is 17.9 Å². The van der Waals surface area contributed by atoms with Gasteiger partial charge in [-0.1, -0.05) is 19.3 Å². The second kappa shape index (κ2) is 4.52. The number of aryl methyl sites for hydroxylation is 1. The Balaban J connectivity index is 2.15. The van der Waals surface area contributed by atoms with Crippen LogP contribution in [0.5, 0.6) is 0 Å². The minimum Gasteiger partial charge on any atom is -0.335 e. The Morgan fingerprint density at radius 1 is 1.40 bits per heavy atom. The number of imidazole rings is 1. The van der Waals surface area contributed by atoms with Crippen LogP contribution < -0.4 is 0 Å². The van der Waals surface area contributed by atoms with E-state index in [0.29, 0.717) is 6.04 Å². The molecule has 3 heteroatoms. The average molecular weight is 224 g/mol. The first-order valence-corrected chi connectivity index (χ1v) is 6.37. The van der Waals surface area contributed by atoms with E-state index in [-0.39, 0.29) is 0 Å². The molecule has 2 rings (SSSR count). The minimum absolute atomic E-state index is 0.558. The van der Waals surface area contributed by atoms with E-state index >= 15 is 0 Å². The first kappa shape index (κ1) is 10.9. The van der Waals surface area contributed by atoms with Crippen molar-refractivity contribution in [1.29, 1.82) is 0 Å². The van der Waals surface area contributed by atoms with Crippen LogP contribution in [0, 0.1) is 17.6 Å². The maximum Gasteiger partial charge on any atom is 0.177 e. The van der Waals surface area contributed by atoms with E-state index in [1.54, 1.807) is 0 Å². The summed E-state index contributed by atoms with van der Waals surface area (Å²) in [7, 11) is 0. The lowest BCUT2D eigenvalue weighted by molar-refractivity contribution is 0.262. The molecule has 0 aliphatic heterocycles. The molecular formula is C12H20N2S. The van der Waals surface area contributed by atoms with Crippen LogP contribution in [0.25, 0.3) is 0 Å². The van der Waals surface area contributed by atoms with E-state index in [4.69, 9.17) is 12.2 Å². The number of hydrogen-bond acceptors (Lipinski definition) is 1. The molecule has 1 saturated carbocycles. The molecule has 1 aromatic rings. The minimum atomic E-state index is 0.558. The molecule has 15 heavy (non-hydrogen) atoms. The average Bonchev–Trinajstić information content (AvgIpc) is 2.58. The zero-order valence-corrected chi connectivity index (χ0v) is 10.4. The molecule has 0 bridgehead atoms. The third-order valence-electron chi connectivity index (χ3n) is 3.64. The van der Waals surface area contributed by atoms with Crippen molar-refractivity contribution in [2.75, 3.05) is 0 Å². The fraction of sp³-hybridized carbons (Fsp3) is 0.750. The highest BCUT2D eigenvalue weighted by Gasteiger charge is 2.21. The Kier molecular flexibility index (Phi) is 3.29. The van der Waals surface area contributed by atoms with Crippen molar-refractivity contribution < 1.29 is 0 Å². The van der Waals surface area contributed by atoms with Gasteiger partial charge in [-0.05, 0) is 44.8 Å². The number of nitrogens with one attached hydrogen (secondary N) is 1. The van der Waals surface area contributed by atoms with Gasteiger partial charge in [-0.2, -0.15) is 0 Å². The van der Waals surface area contributed by atoms with Gasteiger partial charge in [-0.25, -0.2) is 0 Å². The molecule has 1 atom stereocenters. The Bertz CT molecular complexity index is 371. The van der Waals surface area contributed by atoms with Crippen LogP contribution in [-0.4, -0.2) is 9.55 Å².